The van der Waals surface area contributed by atoms with Crippen molar-refractivity contribution in [2.45, 2.75) is 0 Å². The van der Waals surface area contributed by atoms with Gasteiger partial charge in [0, 0.05) is 0 Å². The number of para-hydroxylation sites is 1. The highest BCUT2D eigenvalue weighted by Gasteiger charge is 2.16. The number of ether oxygens (including phenoxy) is 1. The van der Waals surface area contributed by atoms with E-state index >= 15 is 0 Å². The highest BCUT2D eigenvalue weighted by molar-refractivity contribution is 9.11. The van der Waals surface area contributed by atoms with Crippen molar-refractivity contribution >= 4 is 43.6 Å². The molecule has 0 bridgehead atoms. The fraction of sp³-hybridized carbons (Fsp3) is 0.0833. The van der Waals surface area contributed by atoms with Gasteiger partial charge in [-0.25, -0.2) is 9.97 Å². The van der Waals surface area contributed by atoms with Crippen LogP contribution in [0.15, 0.2) is 33.6 Å². The second-order valence-corrected chi connectivity index (χ2v) is 5.21. The first kappa shape index (κ1) is 14.7. The Labute approximate surface area is 131 Å². The molecule has 2 aromatic rings. The summed E-state index contributed by atoms with van der Waals surface area (Å²) in [6.45, 7) is 0. The van der Waals surface area contributed by atoms with E-state index in [0.717, 1.165) is 0 Å². The summed E-state index contributed by atoms with van der Waals surface area (Å²) in [5, 5.41) is 12.5. The number of phenols is 1. The Morgan fingerprint density at radius 3 is 2.80 bits per heavy atom. The van der Waals surface area contributed by atoms with E-state index in [2.05, 4.69) is 47.1 Å². The largest absolute Gasteiger partial charge is 0.504 e. The van der Waals surface area contributed by atoms with Crippen molar-refractivity contribution in [3.05, 3.63) is 39.2 Å². The lowest BCUT2D eigenvalue weighted by Crippen LogP contribution is -2.14. The summed E-state index contributed by atoms with van der Waals surface area (Å²) in [6, 6.07) is 4.64. The summed E-state index contributed by atoms with van der Waals surface area (Å²) in [5.41, 5.74) is 0.0842. The summed E-state index contributed by atoms with van der Waals surface area (Å²) < 4.78 is 5.86. The Morgan fingerprint density at radius 2 is 2.15 bits per heavy atom. The van der Waals surface area contributed by atoms with Gasteiger partial charge in [-0.15, -0.1) is 0 Å². The van der Waals surface area contributed by atoms with Crippen LogP contribution in [0.2, 0.25) is 0 Å². The minimum Gasteiger partial charge on any atom is -0.504 e. The zero-order valence-corrected chi connectivity index (χ0v) is 13.4. The lowest BCUT2D eigenvalue weighted by Gasteiger charge is -2.09. The number of anilines is 1. The number of halogens is 2. The number of hydrogen-bond acceptors (Lipinski definition) is 5. The third kappa shape index (κ3) is 3.07. The Morgan fingerprint density at radius 1 is 1.40 bits per heavy atom. The fourth-order valence-corrected chi connectivity index (χ4v) is 2.39. The molecule has 6 nitrogen and oxygen atoms in total. The number of nitrogens with zero attached hydrogens (tertiary/aromatic N) is 2. The summed E-state index contributed by atoms with van der Waals surface area (Å²) >= 11 is 6.35. The van der Waals surface area contributed by atoms with Crippen LogP contribution in [0.25, 0.3) is 0 Å². The van der Waals surface area contributed by atoms with Crippen LogP contribution in [0.1, 0.15) is 10.4 Å². The molecule has 0 atom stereocenters. The third-order valence-corrected chi connectivity index (χ3v) is 3.33. The standard InChI is InChI=1S/C12H9Br2N3O3/c1-20-7-4-2-3-6(9(7)18)12(19)17-11-10(14)16-8(13)5-15-11/h2-5,18H,1H3,(H,15,17,19). The van der Waals surface area contributed by atoms with Crippen LogP contribution in [0.4, 0.5) is 5.82 Å². The minimum atomic E-state index is -0.515. The van der Waals surface area contributed by atoms with Crippen LogP contribution in [-0.4, -0.2) is 28.1 Å². The average molecular weight is 403 g/mol. The second kappa shape index (κ2) is 6.19. The maximum Gasteiger partial charge on any atom is 0.260 e. The zero-order valence-electron chi connectivity index (χ0n) is 10.2. The Hall–Kier alpha value is -1.67. The summed E-state index contributed by atoms with van der Waals surface area (Å²) in [5.74, 6) is -0.272. The number of amides is 1. The van der Waals surface area contributed by atoms with Crippen molar-refractivity contribution in [3.63, 3.8) is 0 Å². The van der Waals surface area contributed by atoms with Gasteiger partial charge in [-0.05, 0) is 44.0 Å². The third-order valence-electron chi connectivity index (χ3n) is 2.40. The lowest BCUT2D eigenvalue weighted by atomic mass is 10.1. The fourth-order valence-electron chi connectivity index (χ4n) is 1.48. The molecule has 0 spiro atoms. The number of carbonyl (C=O) groups is 1. The number of methoxy groups -OCH3 is 1. The maximum absolute atomic E-state index is 12.1. The van der Waals surface area contributed by atoms with E-state index in [0.29, 0.717) is 9.21 Å². The predicted molar refractivity (Wildman–Crippen MR) is 80.0 cm³/mol. The van der Waals surface area contributed by atoms with E-state index in [1.54, 1.807) is 12.1 Å². The molecule has 0 aliphatic rings. The highest BCUT2D eigenvalue weighted by Crippen LogP contribution is 2.30. The van der Waals surface area contributed by atoms with Crippen LogP contribution < -0.4 is 10.1 Å². The van der Waals surface area contributed by atoms with Gasteiger partial charge in [0.05, 0.1) is 18.9 Å². The zero-order chi connectivity index (χ0) is 14.7. The summed E-state index contributed by atoms with van der Waals surface area (Å²) in [4.78, 5) is 20.2. The normalized spacial score (nSPS) is 10.2. The average Bonchev–Trinajstić information content (AvgIpc) is 2.42. The van der Waals surface area contributed by atoms with Crippen LogP contribution in [0.3, 0.4) is 0 Å². The number of phenolic OH excluding ortho intramolecular Hbond substituents is 1. The molecule has 0 aliphatic heterocycles. The van der Waals surface area contributed by atoms with Gasteiger partial charge in [-0.3, -0.25) is 4.79 Å². The van der Waals surface area contributed by atoms with Gasteiger partial charge in [0.1, 0.15) is 9.21 Å². The number of aromatic nitrogens is 2. The number of nitrogens with one attached hydrogen (secondary N) is 1. The SMILES string of the molecule is COc1cccc(C(=O)Nc2ncc(Br)nc2Br)c1O. The molecular formula is C12H9Br2N3O3. The minimum absolute atomic E-state index is 0.0842. The number of hydrogen-bond donors (Lipinski definition) is 2. The number of rotatable bonds is 3. The number of carbonyl (C=O) groups excluding carboxylic acids is 1. The molecule has 0 saturated carbocycles. The smallest absolute Gasteiger partial charge is 0.260 e. The molecule has 1 aromatic heterocycles. The van der Waals surface area contributed by atoms with Crippen molar-refractivity contribution in [1.29, 1.82) is 0 Å². The molecule has 0 unspecified atom stereocenters. The molecule has 0 radical (unpaired) electrons. The van der Waals surface area contributed by atoms with Crippen molar-refractivity contribution < 1.29 is 14.6 Å². The van der Waals surface area contributed by atoms with E-state index < -0.39 is 5.91 Å². The van der Waals surface area contributed by atoms with Crippen LogP contribution in [0.5, 0.6) is 11.5 Å². The number of aromatic hydroxyl groups is 1. The molecular weight excluding hydrogens is 394 g/mol. The van der Waals surface area contributed by atoms with Gasteiger partial charge in [-0.2, -0.15) is 0 Å². The van der Waals surface area contributed by atoms with E-state index in [-0.39, 0.29) is 22.9 Å². The molecule has 2 rings (SSSR count). The first-order chi connectivity index (χ1) is 9.52. The Balaban J connectivity index is 2.28. The van der Waals surface area contributed by atoms with E-state index in [9.17, 15) is 9.90 Å². The summed E-state index contributed by atoms with van der Waals surface area (Å²) in [6.07, 6.45) is 1.45. The molecule has 8 heteroatoms. The lowest BCUT2D eigenvalue weighted by molar-refractivity contribution is 0.102. The summed E-state index contributed by atoms with van der Waals surface area (Å²) in [7, 11) is 1.41. The second-order valence-electron chi connectivity index (χ2n) is 3.64. The molecule has 1 aromatic carbocycles. The monoisotopic (exact) mass is 401 g/mol. The van der Waals surface area contributed by atoms with Gasteiger partial charge in [0.15, 0.2) is 17.3 Å². The van der Waals surface area contributed by atoms with E-state index in [1.807, 2.05) is 0 Å². The first-order valence-corrected chi connectivity index (χ1v) is 6.97. The van der Waals surface area contributed by atoms with Crippen LogP contribution >= 0.6 is 31.9 Å². The number of benzene rings is 1. The van der Waals surface area contributed by atoms with Gasteiger partial charge >= 0.3 is 0 Å². The maximum atomic E-state index is 12.1. The molecule has 0 fully saturated rings. The molecule has 0 aliphatic carbocycles. The Kier molecular flexibility index (Phi) is 4.56. The molecule has 1 amide bonds. The topological polar surface area (TPSA) is 84.3 Å². The van der Waals surface area contributed by atoms with Gasteiger partial charge in [0.2, 0.25) is 0 Å². The van der Waals surface area contributed by atoms with Gasteiger partial charge < -0.3 is 15.2 Å². The molecule has 104 valence electrons. The molecule has 20 heavy (non-hydrogen) atoms. The predicted octanol–water partition coefficient (Wildman–Crippen LogP) is 2.97. The van der Waals surface area contributed by atoms with Gasteiger partial charge in [0.25, 0.3) is 5.91 Å². The quantitative estimate of drug-likeness (QED) is 0.824. The van der Waals surface area contributed by atoms with Crippen LogP contribution in [0, 0.1) is 0 Å². The molecule has 0 saturated heterocycles. The van der Waals surface area contributed by atoms with E-state index in [4.69, 9.17) is 4.74 Å². The molecule has 1 heterocycles. The first-order valence-electron chi connectivity index (χ1n) is 5.38. The van der Waals surface area contributed by atoms with Gasteiger partial charge in [-0.1, -0.05) is 6.07 Å². The van der Waals surface area contributed by atoms with Crippen LogP contribution in [-0.2, 0) is 0 Å². The van der Waals surface area contributed by atoms with E-state index in [1.165, 1.54) is 19.4 Å². The molecule has 2 N–H and O–H groups in total. The van der Waals surface area contributed by atoms with Crippen molar-refractivity contribution in [2.24, 2.45) is 0 Å². The van der Waals surface area contributed by atoms with Crippen molar-refractivity contribution in [2.75, 3.05) is 12.4 Å². The van der Waals surface area contributed by atoms with Crippen molar-refractivity contribution in [3.8, 4) is 11.5 Å². The highest BCUT2D eigenvalue weighted by atomic mass is 79.9. The Bertz CT molecular complexity index is 664. The van der Waals surface area contributed by atoms with Crippen molar-refractivity contribution in [1.82, 2.24) is 9.97 Å².